The number of aliphatic hydroxyl groups is 1. The summed E-state index contributed by atoms with van der Waals surface area (Å²) in [5, 5.41) is 11.0. The van der Waals surface area contributed by atoms with E-state index in [1.807, 2.05) is 0 Å². The predicted molar refractivity (Wildman–Crippen MR) is 127 cm³/mol. The fourth-order valence-electron chi connectivity index (χ4n) is 6.87. The fraction of sp³-hybridized carbons (Fsp3) is 0.654. The van der Waals surface area contributed by atoms with Crippen LogP contribution in [0, 0.1) is 29.1 Å². The van der Waals surface area contributed by atoms with Crippen molar-refractivity contribution < 1.29 is 48.0 Å². The Hall–Kier alpha value is -2.72. The maximum Gasteiger partial charge on any atom is 0.312 e. The topological polar surface area (TPSA) is 143 Å². The van der Waals surface area contributed by atoms with Gasteiger partial charge in [0.2, 0.25) is 0 Å². The molecule has 37 heavy (non-hydrogen) atoms. The van der Waals surface area contributed by atoms with Crippen LogP contribution in [0.5, 0.6) is 0 Å². The second-order valence-corrected chi connectivity index (χ2v) is 11.3. The first-order valence-electron chi connectivity index (χ1n) is 12.0. The molecule has 3 aliphatic carbocycles. The third-order valence-corrected chi connectivity index (χ3v) is 9.11. The Kier molecular flexibility index (Phi) is 6.39. The summed E-state index contributed by atoms with van der Waals surface area (Å²) >= 11 is 6.74. The zero-order valence-corrected chi connectivity index (χ0v) is 22.2. The lowest BCUT2D eigenvalue weighted by Crippen LogP contribution is -2.65. The molecule has 0 aromatic carbocycles. The maximum atomic E-state index is 13.8. The van der Waals surface area contributed by atoms with Crippen molar-refractivity contribution in [3.05, 3.63) is 24.3 Å². The number of halogens is 1. The SMILES string of the molecule is C=C1[C@@H](OC(C)=O)/C=C/[C@H]2[C@H]3C(=O)[C@@](C)(OC(C)=O)[C@H]([C@H](OC(C)=O)[C@]4(O)[C@@H](C)C(=O)O[C@H]4[C@H]1Cl)[C@]32C. The van der Waals surface area contributed by atoms with Gasteiger partial charge in [-0.3, -0.25) is 24.0 Å². The summed E-state index contributed by atoms with van der Waals surface area (Å²) in [7, 11) is 0. The first-order valence-corrected chi connectivity index (χ1v) is 12.5. The van der Waals surface area contributed by atoms with Crippen LogP contribution in [0.2, 0.25) is 0 Å². The number of fused-ring (bicyclic) bond motifs is 2. The molecule has 0 aromatic heterocycles. The molecule has 0 radical (unpaired) electrons. The first-order chi connectivity index (χ1) is 17.0. The standard InChI is InChI=1S/C26H31ClO10/c1-10-16(34-12(3)28)9-8-15-17-20(31)25(7,37-14(5)30)19(24(15,17)6)22(35-13(4)29)26(33)11(2)23(32)36-21(26)18(10)27/h8-9,11,15-19,21-22,33H,1H2,2-7H3/b9-8+/t11-,15-,16-,17-,18-,19+,21-,22-,24-,25-,26-/m0/s1. The molecule has 1 N–H and O–H groups in total. The van der Waals surface area contributed by atoms with Crippen molar-refractivity contribution in [3.8, 4) is 0 Å². The average Bonchev–Trinajstić information content (AvgIpc) is 3.23. The number of allylic oxidation sites excluding steroid dienone is 1. The summed E-state index contributed by atoms with van der Waals surface area (Å²) < 4.78 is 22.3. The van der Waals surface area contributed by atoms with E-state index in [4.69, 9.17) is 30.5 Å². The van der Waals surface area contributed by atoms with Gasteiger partial charge in [-0.2, -0.15) is 0 Å². The second-order valence-electron chi connectivity index (χ2n) is 10.8. The van der Waals surface area contributed by atoms with E-state index in [2.05, 4.69) is 6.58 Å². The Bertz CT molecular complexity index is 1130. The second kappa shape index (κ2) is 8.66. The van der Waals surface area contributed by atoms with E-state index in [0.717, 1.165) is 13.8 Å². The summed E-state index contributed by atoms with van der Waals surface area (Å²) in [6.45, 7) is 12.0. The number of ketones is 1. The van der Waals surface area contributed by atoms with E-state index in [-0.39, 0.29) is 5.57 Å². The van der Waals surface area contributed by atoms with E-state index in [1.165, 1.54) is 20.8 Å². The van der Waals surface area contributed by atoms with Crippen molar-refractivity contribution in [1.29, 1.82) is 0 Å². The van der Waals surface area contributed by atoms with Crippen LogP contribution in [0.15, 0.2) is 24.3 Å². The molecule has 0 unspecified atom stereocenters. The first kappa shape index (κ1) is 27.3. The van der Waals surface area contributed by atoms with E-state index >= 15 is 0 Å². The molecule has 11 heteroatoms. The van der Waals surface area contributed by atoms with Gasteiger partial charge >= 0.3 is 23.9 Å². The summed E-state index contributed by atoms with van der Waals surface area (Å²) in [4.78, 5) is 63.0. The van der Waals surface area contributed by atoms with Gasteiger partial charge < -0.3 is 24.1 Å². The van der Waals surface area contributed by atoms with Crippen LogP contribution in [-0.4, -0.2) is 69.7 Å². The minimum Gasteiger partial charge on any atom is -0.459 e. The van der Waals surface area contributed by atoms with E-state index in [1.54, 1.807) is 19.1 Å². The lowest BCUT2D eigenvalue weighted by atomic mass is 9.66. The number of hydrogen-bond donors (Lipinski definition) is 1. The Balaban J connectivity index is 2.00. The minimum atomic E-state index is -2.26. The number of carbonyl (C=O) groups is 5. The van der Waals surface area contributed by atoms with Gasteiger partial charge in [0.15, 0.2) is 23.1 Å². The van der Waals surface area contributed by atoms with Gasteiger partial charge in [0.25, 0.3) is 0 Å². The Morgan fingerprint density at radius 3 is 2.19 bits per heavy atom. The van der Waals surface area contributed by atoms with Crippen molar-refractivity contribution in [1.82, 2.24) is 0 Å². The zero-order chi connectivity index (χ0) is 27.8. The molecule has 11 atom stereocenters. The van der Waals surface area contributed by atoms with Crippen molar-refractivity contribution >= 4 is 41.3 Å². The van der Waals surface area contributed by atoms with Gasteiger partial charge in [0, 0.05) is 26.7 Å². The molecule has 0 bridgehead atoms. The van der Waals surface area contributed by atoms with Gasteiger partial charge in [0.05, 0.1) is 17.2 Å². The van der Waals surface area contributed by atoms with Crippen LogP contribution in [0.25, 0.3) is 0 Å². The number of rotatable bonds is 3. The molecule has 4 aliphatic rings. The molecular formula is C26H31ClO10. The van der Waals surface area contributed by atoms with E-state index in [9.17, 15) is 29.1 Å². The number of alkyl halides is 1. The van der Waals surface area contributed by atoms with Crippen LogP contribution in [0.3, 0.4) is 0 Å². The van der Waals surface area contributed by atoms with E-state index in [0.29, 0.717) is 0 Å². The smallest absolute Gasteiger partial charge is 0.312 e. The van der Waals surface area contributed by atoms with Crippen molar-refractivity contribution in [2.45, 2.75) is 76.4 Å². The maximum absolute atomic E-state index is 13.8. The lowest BCUT2D eigenvalue weighted by molar-refractivity contribution is -0.214. The monoisotopic (exact) mass is 538 g/mol. The summed E-state index contributed by atoms with van der Waals surface area (Å²) in [5.74, 6) is -6.82. The number of carbonyl (C=O) groups excluding carboxylic acids is 5. The number of esters is 4. The van der Waals surface area contributed by atoms with Gasteiger partial charge in [-0.05, 0) is 36.8 Å². The number of hydrogen-bond acceptors (Lipinski definition) is 10. The van der Waals surface area contributed by atoms with Gasteiger partial charge in [-0.15, -0.1) is 11.6 Å². The van der Waals surface area contributed by atoms with Crippen molar-refractivity contribution in [2.75, 3.05) is 0 Å². The molecule has 10 nitrogen and oxygen atoms in total. The lowest BCUT2D eigenvalue weighted by Gasteiger charge is -2.47. The highest BCUT2D eigenvalue weighted by molar-refractivity contribution is 6.23. The summed E-state index contributed by atoms with van der Waals surface area (Å²) in [6.07, 6.45) is -0.849. The van der Waals surface area contributed by atoms with Crippen molar-refractivity contribution in [3.63, 3.8) is 0 Å². The largest absolute Gasteiger partial charge is 0.459 e. The minimum absolute atomic E-state index is 0.116. The van der Waals surface area contributed by atoms with Crippen LogP contribution in [0.1, 0.15) is 41.5 Å². The molecule has 3 fully saturated rings. The molecular weight excluding hydrogens is 508 g/mol. The number of ether oxygens (including phenoxy) is 4. The Labute approximate surface area is 219 Å². The molecule has 4 rings (SSSR count). The quantitative estimate of drug-likeness (QED) is 0.244. The molecule has 202 valence electrons. The van der Waals surface area contributed by atoms with Gasteiger partial charge in [-0.25, -0.2) is 0 Å². The van der Waals surface area contributed by atoms with E-state index < -0.39 is 93.6 Å². The van der Waals surface area contributed by atoms with Crippen LogP contribution < -0.4 is 0 Å². The average molecular weight is 539 g/mol. The van der Waals surface area contributed by atoms with Crippen molar-refractivity contribution in [2.24, 2.45) is 29.1 Å². The normalized spacial score (nSPS) is 47.1. The molecule has 1 saturated heterocycles. The third kappa shape index (κ3) is 3.74. The van der Waals surface area contributed by atoms with Gasteiger partial charge in [0.1, 0.15) is 12.2 Å². The molecule has 0 spiro atoms. The Morgan fingerprint density at radius 1 is 1.05 bits per heavy atom. The highest BCUT2D eigenvalue weighted by Gasteiger charge is 2.84. The van der Waals surface area contributed by atoms with Crippen LogP contribution in [0.4, 0.5) is 0 Å². The molecule has 0 aromatic rings. The summed E-state index contributed by atoms with van der Waals surface area (Å²) in [5.41, 5.74) is -4.90. The van der Waals surface area contributed by atoms with Crippen LogP contribution in [-0.2, 0) is 42.9 Å². The molecule has 2 saturated carbocycles. The molecule has 0 amide bonds. The Morgan fingerprint density at radius 2 is 1.65 bits per heavy atom. The fourth-order valence-corrected chi connectivity index (χ4v) is 7.25. The molecule has 1 aliphatic heterocycles. The molecule has 1 heterocycles. The van der Waals surface area contributed by atoms with Crippen LogP contribution >= 0.6 is 11.6 Å². The van der Waals surface area contributed by atoms with Gasteiger partial charge in [-0.1, -0.05) is 19.6 Å². The third-order valence-electron chi connectivity index (χ3n) is 8.60. The highest BCUT2D eigenvalue weighted by atomic mass is 35.5. The summed E-state index contributed by atoms with van der Waals surface area (Å²) in [6, 6.07) is 0. The predicted octanol–water partition coefficient (Wildman–Crippen LogP) is 1.65. The zero-order valence-electron chi connectivity index (χ0n) is 21.5. The highest BCUT2D eigenvalue weighted by Crippen LogP contribution is 2.75. The number of Topliss-reactive ketones (excluding diaryl/α,β-unsaturated/α-hetero) is 1.